The molecule has 7 nitrogen and oxygen atoms in total. The van der Waals surface area contributed by atoms with Crippen molar-refractivity contribution in [3.8, 4) is 0 Å². The van der Waals surface area contributed by atoms with Gasteiger partial charge in [-0.05, 0) is 19.3 Å². The summed E-state index contributed by atoms with van der Waals surface area (Å²) in [5, 5.41) is 6.51. The van der Waals surface area contributed by atoms with Crippen LogP contribution in [0, 0.1) is 0 Å². The summed E-state index contributed by atoms with van der Waals surface area (Å²) in [4.78, 5) is 4.00. The van der Waals surface area contributed by atoms with Crippen LogP contribution in [0.25, 0.3) is 0 Å². The molecule has 0 unspecified atom stereocenters. The Balaban J connectivity index is 1.73. The zero-order chi connectivity index (χ0) is 13.6. The van der Waals surface area contributed by atoms with Crippen molar-refractivity contribution in [1.82, 2.24) is 24.2 Å². The molecule has 0 atom stereocenters. The van der Waals surface area contributed by atoms with Crippen LogP contribution in [0.15, 0.2) is 6.33 Å². The van der Waals surface area contributed by atoms with Crippen molar-refractivity contribution in [2.75, 3.05) is 19.6 Å². The maximum absolute atomic E-state index is 12.1. The molecule has 0 spiro atoms. The minimum Gasteiger partial charge on any atom is -0.263 e. The largest absolute Gasteiger partial charge is 0.279 e. The van der Waals surface area contributed by atoms with Crippen LogP contribution in [0.5, 0.6) is 0 Å². The number of nitrogens with zero attached hydrogens (tertiary/aromatic N) is 3. The van der Waals surface area contributed by atoms with Gasteiger partial charge < -0.3 is 0 Å². The Hall–Kier alpha value is -0.990. The number of H-pyrrole nitrogens is 1. The van der Waals surface area contributed by atoms with Gasteiger partial charge in [-0.2, -0.15) is 17.8 Å². The number of aromatic amines is 1. The average molecular weight is 287 g/mol. The topological polar surface area (TPSA) is 91.0 Å². The van der Waals surface area contributed by atoms with Crippen molar-refractivity contribution in [3.63, 3.8) is 0 Å². The summed E-state index contributed by atoms with van der Waals surface area (Å²) in [6.45, 7) is 1.70. The molecule has 19 heavy (non-hydrogen) atoms. The summed E-state index contributed by atoms with van der Waals surface area (Å²) < 4.78 is 28.4. The first-order chi connectivity index (χ1) is 9.18. The number of nitrogens with one attached hydrogen (secondary N) is 2. The van der Waals surface area contributed by atoms with Crippen LogP contribution < -0.4 is 4.72 Å². The van der Waals surface area contributed by atoms with E-state index in [0.717, 1.165) is 31.5 Å². The van der Waals surface area contributed by atoms with Crippen LogP contribution in [0.1, 0.15) is 37.9 Å². The normalized spacial score (nSPS) is 18.3. The predicted molar refractivity (Wildman–Crippen MR) is 71.7 cm³/mol. The van der Waals surface area contributed by atoms with Gasteiger partial charge in [0.05, 0.1) is 0 Å². The minimum atomic E-state index is -3.31. The van der Waals surface area contributed by atoms with Gasteiger partial charge in [-0.25, -0.2) is 9.71 Å². The molecule has 1 fully saturated rings. The van der Waals surface area contributed by atoms with Crippen LogP contribution in [-0.4, -0.2) is 47.5 Å². The molecule has 1 aliphatic heterocycles. The zero-order valence-corrected chi connectivity index (χ0v) is 11.8. The van der Waals surface area contributed by atoms with E-state index in [0.29, 0.717) is 32.5 Å². The zero-order valence-electron chi connectivity index (χ0n) is 11.0. The molecule has 0 aliphatic carbocycles. The van der Waals surface area contributed by atoms with Gasteiger partial charge in [-0.15, -0.1) is 0 Å². The Labute approximate surface area is 114 Å². The van der Waals surface area contributed by atoms with Crippen LogP contribution in [0.4, 0.5) is 0 Å². The second-order valence-corrected chi connectivity index (χ2v) is 6.50. The van der Waals surface area contributed by atoms with Crippen LogP contribution in [0.2, 0.25) is 0 Å². The van der Waals surface area contributed by atoms with E-state index in [1.165, 1.54) is 6.33 Å². The van der Waals surface area contributed by atoms with Crippen molar-refractivity contribution in [3.05, 3.63) is 12.2 Å². The highest BCUT2D eigenvalue weighted by Gasteiger charge is 2.21. The Morgan fingerprint density at radius 2 is 2.00 bits per heavy atom. The van der Waals surface area contributed by atoms with Crippen LogP contribution >= 0.6 is 0 Å². The molecule has 1 aliphatic rings. The van der Waals surface area contributed by atoms with E-state index in [2.05, 4.69) is 19.9 Å². The lowest BCUT2D eigenvalue weighted by Crippen LogP contribution is -2.41. The first-order valence-electron chi connectivity index (χ1n) is 6.77. The van der Waals surface area contributed by atoms with Crippen LogP contribution in [0.3, 0.4) is 0 Å². The quantitative estimate of drug-likeness (QED) is 0.743. The molecule has 0 radical (unpaired) electrons. The monoisotopic (exact) mass is 287 g/mol. The SMILES string of the molecule is O=S(=O)(NCCCc1ncn[nH]1)N1CCCCCC1. The molecule has 2 N–H and O–H groups in total. The van der Waals surface area contributed by atoms with Gasteiger partial charge in [0.15, 0.2) is 0 Å². The Morgan fingerprint density at radius 3 is 2.63 bits per heavy atom. The maximum Gasteiger partial charge on any atom is 0.279 e. The smallest absolute Gasteiger partial charge is 0.263 e. The summed E-state index contributed by atoms with van der Waals surface area (Å²) >= 11 is 0. The van der Waals surface area contributed by atoms with Gasteiger partial charge in [0.2, 0.25) is 0 Å². The van der Waals surface area contributed by atoms with Gasteiger partial charge in [-0.1, -0.05) is 12.8 Å². The standard InChI is InChI=1S/C11H21N5O2S/c17-19(18,16-8-3-1-2-4-9-16)14-7-5-6-11-12-10-13-15-11/h10,14H,1-9H2,(H,12,13,15). The van der Waals surface area contributed by atoms with Gasteiger partial charge >= 0.3 is 0 Å². The van der Waals surface area contributed by atoms with Crippen molar-refractivity contribution in [1.29, 1.82) is 0 Å². The third kappa shape index (κ3) is 4.55. The minimum absolute atomic E-state index is 0.430. The first-order valence-corrected chi connectivity index (χ1v) is 8.21. The van der Waals surface area contributed by atoms with E-state index >= 15 is 0 Å². The molecule has 1 aromatic rings. The molecule has 0 aromatic carbocycles. The number of aryl methyl sites for hydroxylation is 1. The Bertz CT molecular complexity index is 451. The number of rotatable bonds is 6. The molecule has 1 aromatic heterocycles. The molecule has 2 rings (SSSR count). The van der Waals surface area contributed by atoms with Crippen molar-refractivity contribution < 1.29 is 8.42 Å². The average Bonchev–Trinajstić information content (AvgIpc) is 2.74. The third-order valence-electron chi connectivity index (χ3n) is 3.24. The van der Waals surface area contributed by atoms with E-state index in [1.54, 1.807) is 4.31 Å². The molecule has 0 amide bonds. The predicted octanol–water partition coefficient (Wildman–Crippen LogP) is 0.448. The van der Waals surface area contributed by atoms with E-state index in [-0.39, 0.29) is 0 Å². The van der Waals surface area contributed by atoms with Gasteiger partial charge in [0, 0.05) is 26.1 Å². The second-order valence-electron chi connectivity index (χ2n) is 4.75. The molecule has 2 heterocycles. The fraction of sp³-hybridized carbons (Fsp3) is 0.818. The molecular weight excluding hydrogens is 266 g/mol. The maximum atomic E-state index is 12.1. The molecule has 1 saturated heterocycles. The van der Waals surface area contributed by atoms with E-state index in [9.17, 15) is 8.42 Å². The molecule has 108 valence electrons. The molecule has 8 heteroatoms. The van der Waals surface area contributed by atoms with Crippen molar-refractivity contribution >= 4 is 10.2 Å². The number of aromatic nitrogens is 3. The van der Waals surface area contributed by atoms with Gasteiger partial charge in [0.25, 0.3) is 10.2 Å². The van der Waals surface area contributed by atoms with Crippen LogP contribution in [-0.2, 0) is 16.6 Å². The number of hydrogen-bond donors (Lipinski definition) is 2. The summed E-state index contributed by atoms with van der Waals surface area (Å²) in [6.07, 6.45) is 7.02. The number of hydrogen-bond acceptors (Lipinski definition) is 4. The highest BCUT2D eigenvalue weighted by Crippen LogP contribution is 2.12. The van der Waals surface area contributed by atoms with E-state index < -0.39 is 10.2 Å². The fourth-order valence-electron chi connectivity index (χ4n) is 2.18. The van der Waals surface area contributed by atoms with Gasteiger partial charge in [-0.3, -0.25) is 5.10 Å². The summed E-state index contributed by atoms with van der Waals surface area (Å²) in [6, 6.07) is 0. The summed E-state index contributed by atoms with van der Waals surface area (Å²) in [5.41, 5.74) is 0. The lowest BCUT2D eigenvalue weighted by Gasteiger charge is -2.20. The fourth-order valence-corrected chi connectivity index (χ4v) is 3.51. The van der Waals surface area contributed by atoms with E-state index in [4.69, 9.17) is 0 Å². The molecule has 0 bridgehead atoms. The third-order valence-corrected chi connectivity index (χ3v) is 4.86. The highest BCUT2D eigenvalue weighted by molar-refractivity contribution is 7.87. The lowest BCUT2D eigenvalue weighted by atomic mass is 10.2. The second kappa shape index (κ2) is 6.97. The Kier molecular flexibility index (Phi) is 5.29. The summed E-state index contributed by atoms with van der Waals surface area (Å²) in [5.74, 6) is 0.786. The molecular formula is C11H21N5O2S. The van der Waals surface area contributed by atoms with Crippen molar-refractivity contribution in [2.24, 2.45) is 0 Å². The lowest BCUT2D eigenvalue weighted by molar-refractivity contribution is 0.414. The van der Waals surface area contributed by atoms with Crippen molar-refractivity contribution in [2.45, 2.75) is 38.5 Å². The summed E-state index contributed by atoms with van der Waals surface area (Å²) in [7, 11) is -3.31. The van der Waals surface area contributed by atoms with Gasteiger partial charge in [0.1, 0.15) is 12.2 Å². The first kappa shape index (κ1) is 14.4. The highest BCUT2D eigenvalue weighted by atomic mass is 32.2. The molecule has 0 saturated carbocycles. The Morgan fingerprint density at radius 1 is 1.26 bits per heavy atom. The van der Waals surface area contributed by atoms with E-state index in [1.807, 2.05) is 0 Å².